The number of hydrogen-bond donors (Lipinski definition) is 1. The van der Waals surface area contributed by atoms with Gasteiger partial charge in [-0.1, -0.05) is 13.3 Å². The summed E-state index contributed by atoms with van der Waals surface area (Å²) in [5.41, 5.74) is 0. The Hall–Kier alpha value is -0.510. The third kappa shape index (κ3) is 4.84. The van der Waals surface area contributed by atoms with E-state index in [2.05, 4.69) is 17.4 Å². The van der Waals surface area contributed by atoms with Crippen molar-refractivity contribution in [1.82, 2.24) is 0 Å². The molecule has 0 spiro atoms. The summed E-state index contributed by atoms with van der Waals surface area (Å²) >= 11 is 3.59. The molecule has 0 rings (SSSR count). The Morgan fingerprint density at radius 2 is 2.09 bits per heavy atom. The van der Waals surface area contributed by atoms with Gasteiger partial charge in [0.05, 0.1) is 0 Å². The molecule has 0 aliphatic rings. The summed E-state index contributed by atoms with van der Waals surface area (Å²) in [5, 5.41) is -0.387. The zero-order valence-corrected chi connectivity index (χ0v) is 7.56. The van der Waals surface area contributed by atoms with Gasteiger partial charge in [-0.05, 0) is 6.42 Å². The van der Waals surface area contributed by atoms with Crippen LogP contribution in [0.3, 0.4) is 0 Å². The zero-order valence-electron chi connectivity index (χ0n) is 6.66. The molecular formula is C7H12O3S. The van der Waals surface area contributed by atoms with Crippen LogP contribution in [0.4, 0.5) is 0 Å². The standard InChI is InChI=1S/C7H12O3S/c1-3-4-6(7(9)11)10-5(2)8/h6H,3-4H2,1-2H3,(H,9,11). The lowest BCUT2D eigenvalue weighted by molar-refractivity contribution is -0.150. The molecule has 0 amide bonds. The highest BCUT2D eigenvalue weighted by Gasteiger charge is 2.16. The molecule has 1 unspecified atom stereocenters. The second-order valence-corrected chi connectivity index (χ2v) is 2.67. The van der Waals surface area contributed by atoms with Crippen LogP contribution in [0.15, 0.2) is 0 Å². The number of ether oxygens (including phenoxy) is 1. The molecule has 0 radical (unpaired) electrons. The van der Waals surface area contributed by atoms with Gasteiger partial charge in [-0.25, -0.2) is 0 Å². The van der Waals surface area contributed by atoms with E-state index in [1.165, 1.54) is 6.92 Å². The van der Waals surface area contributed by atoms with Crippen molar-refractivity contribution in [3.8, 4) is 0 Å². The fraction of sp³-hybridized carbons (Fsp3) is 0.714. The number of hydrogen-bond acceptors (Lipinski definition) is 3. The van der Waals surface area contributed by atoms with E-state index in [0.717, 1.165) is 6.42 Å². The summed E-state index contributed by atoms with van der Waals surface area (Å²) in [6.45, 7) is 3.19. The Bertz CT molecular complexity index is 156. The lowest BCUT2D eigenvalue weighted by Gasteiger charge is -2.10. The van der Waals surface area contributed by atoms with Crippen molar-refractivity contribution in [2.45, 2.75) is 32.8 Å². The van der Waals surface area contributed by atoms with Crippen molar-refractivity contribution < 1.29 is 14.3 Å². The molecule has 0 aliphatic heterocycles. The van der Waals surface area contributed by atoms with Crippen LogP contribution in [0.5, 0.6) is 0 Å². The molecular weight excluding hydrogens is 164 g/mol. The minimum absolute atomic E-state index is 0.387. The number of thiol groups is 1. The first-order valence-electron chi connectivity index (χ1n) is 3.48. The van der Waals surface area contributed by atoms with Crippen LogP contribution in [-0.2, 0) is 14.3 Å². The molecule has 0 aliphatic carbocycles. The molecule has 0 N–H and O–H groups in total. The Kier molecular flexibility index (Phi) is 4.94. The minimum atomic E-state index is -0.666. The van der Waals surface area contributed by atoms with Crippen molar-refractivity contribution in [2.24, 2.45) is 0 Å². The molecule has 0 saturated carbocycles. The van der Waals surface area contributed by atoms with Crippen LogP contribution in [0.2, 0.25) is 0 Å². The van der Waals surface area contributed by atoms with E-state index in [1.807, 2.05) is 6.92 Å². The average Bonchev–Trinajstić information content (AvgIpc) is 1.86. The van der Waals surface area contributed by atoms with Gasteiger partial charge in [0.25, 0.3) is 0 Å². The Labute approximate surface area is 71.5 Å². The first-order chi connectivity index (χ1) is 5.07. The molecule has 3 nitrogen and oxygen atoms in total. The van der Waals surface area contributed by atoms with Gasteiger partial charge in [0.1, 0.15) is 0 Å². The first kappa shape index (κ1) is 10.5. The van der Waals surface area contributed by atoms with E-state index >= 15 is 0 Å². The van der Waals surface area contributed by atoms with Crippen LogP contribution in [0, 0.1) is 0 Å². The summed E-state index contributed by atoms with van der Waals surface area (Å²) in [6, 6.07) is 0. The molecule has 0 aromatic heterocycles. The third-order valence-corrected chi connectivity index (χ3v) is 1.42. The maximum atomic E-state index is 10.7. The van der Waals surface area contributed by atoms with Gasteiger partial charge in [-0.15, -0.1) is 12.6 Å². The summed E-state index contributed by atoms with van der Waals surface area (Å²) in [5.74, 6) is -0.439. The van der Waals surface area contributed by atoms with E-state index < -0.39 is 12.1 Å². The maximum absolute atomic E-state index is 10.7. The molecule has 0 saturated heterocycles. The van der Waals surface area contributed by atoms with Crippen LogP contribution >= 0.6 is 12.6 Å². The molecule has 64 valence electrons. The predicted molar refractivity (Wildman–Crippen MR) is 44.5 cm³/mol. The molecule has 0 aromatic carbocycles. The van der Waals surface area contributed by atoms with Crippen LogP contribution in [0.1, 0.15) is 26.7 Å². The van der Waals surface area contributed by atoms with E-state index in [0.29, 0.717) is 6.42 Å². The third-order valence-electron chi connectivity index (χ3n) is 1.13. The van der Waals surface area contributed by atoms with Gasteiger partial charge in [0, 0.05) is 6.92 Å². The Balaban J connectivity index is 3.89. The van der Waals surface area contributed by atoms with Crippen LogP contribution < -0.4 is 0 Å². The van der Waals surface area contributed by atoms with E-state index in [1.54, 1.807) is 0 Å². The molecule has 0 bridgehead atoms. The number of rotatable bonds is 4. The minimum Gasteiger partial charge on any atom is -0.454 e. The van der Waals surface area contributed by atoms with E-state index in [9.17, 15) is 9.59 Å². The van der Waals surface area contributed by atoms with Crippen LogP contribution in [0.25, 0.3) is 0 Å². The smallest absolute Gasteiger partial charge is 0.303 e. The van der Waals surface area contributed by atoms with Crippen molar-refractivity contribution in [3.63, 3.8) is 0 Å². The van der Waals surface area contributed by atoms with Crippen molar-refractivity contribution in [3.05, 3.63) is 0 Å². The van der Waals surface area contributed by atoms with Crippen molar-refractivity contribution >= 4 is 23.7 Å². The fourth-order valence-corrected chi connectivity index (χ4v) is 0.877. The number of carbonyl (C=O) groups is 2. The van der Waals surface area contributed by atoms with Gasteiger partial charge in [-0.3, -0.25) is 9.59 Å². The van der Waals surface area contributed by atoms with Gasteiger partial charge < -0.3 is 4.74 Å². The summed E-state index contributed by atoms with van der Waals surface area (Å²) in [6.07, 6.45) is 0.674. The molecule has 4 heteroatoms. The quantitative estimate of drug-likeness (QED) is 0.516. The average molecular weight is 176 g/mol. The van der Waals surface area contributed by atoms with Gasteiger partial charge in [-0.2, -0.15) is 0 Å². The highest BCUT2D eigenvalue weighted by molar-refractivity contribution is 7.96. The Morgan fingerprint density at radius 1 is 1.55 bits per heavy atom. The van der Waals surface area contributed by atoms with Gasteiger partial charge in [0.2, 0.25) is 5.12 Å². The van der Waals surface area contributed by atoms with Gasteiger partial charge in [0.15, 0.2) is 6.10 Å². The summed E-state index contributed by atoms with van der Waals surface area (Å²) in [7, 11) is 0. The maximum Gasteiger partial charge on any atom is 0.303 e. The number of carbonyl (C=O) groups excluding carboxylic acids is 2. The van der Waals surface area contributed by atoms with Crippen molar-refractivity contribution in [2.75, 3.05) is 0 Å². The second-order valence-electron chi connectivity index (χ2n) is 2.22. The molecule has 11 heavy (non-hydrogen) atoms. The lowest BCUT2D eigenvalue weighted by atomic mass is 10.2. The Morgan fingerprint density at radius 3 is 2.36 bits per heavy atom. The van der Waals surface area contributed by atoms with Gasteiger partial charge >= 0.3 is 5.97 Å². The van der Waals surface area contributed by atoms with Crippen molar-refractivity contribution in [1.29, 1.82) is 0 Å². The summed E-state index contributed by atoms with van der Waals surface area (Å²) in [4.78, 5) is 21.1. The predicted octanol–water partition coefficient (Wildman–Crippen LogP) is 1.17. The molecule has 0 heterocycles. The lowest BCUT2D eigenvalue weighted by Crippen LogP contribution is -2.22. The largest absolute Gasteiger partial charge is 0.454 e. The molecule has 0 fully saturated rings. The molecule has 0 aromatic rings. The summed E-state index contributed by atoms with van der Waals surface area (Å²) < 4.78 is 4.69. The monoisotopic (exact) mass is 176 g/mol. The first-order valence-corrected chi connectivity index (χ1v) is 3.92. The highest BCUT2D eigenvalue weighted by Crippen LogP contribution is 2.05. The van der Waals surface area contributed by atoms with E-state index in [4.69, 9.17) is 0 Å². The SMILES string of the molecule is CCCC(OC(C)=O)C(=O)S. The van der Waals surface area contributed by atoms with E-state index in [-0.39, 0.29) is 5.12 Å². The highest BCUT2D eigenvalue weighted by atomic mass is 32.1. The zero-order chi connectivity index (χ0) is 8.85. The number of esters is 1. The normalized spacial score (nSPS) is 12.3. The molecule has 1 atom stereocenters. The topological polar surface area (TPSA) is 43.4 Å². The van der Waals surface area contributed by atoms with Crippen LogP contribution in [-0.4, -0.2) is 17.2 Å². The second kappa shape index (κ2) is 5.18. The fourth-order valence-electron chi connectivity index (χ4n) is 0.695.